The van der Waals surface area contributed by atoms with Crippen LogP contribution in [0.4, 0.5) is 0 Å². The van der Waals surface area contributed by atoms with Crippen LogP contribution >= 0.6 is 11.8 Å². The fourth-order valence-electron chi connectivity index (χ4n) is 2.20. The fraction of sp³-hybridized carbons (Fsp3) is 0.647. The summed E-state index contributed by atoms with van der Waals surface area (Å²) >= 11 is 1.93. The zero-order chi connectivity index (χ0) is 14.5. The molecular weight excluding hydrogens is 250 g/mol. The summed E-state index contributed by atoms with van der Waals surface area (Å²) in [4.78, 5) is 1.34. The van der Waals surface area contributed by atoms with E-state index < -0.39 is 0 Å². The number of thioether (sulfide) groups is 1. The minimum atomic E-state index is 0.228. The number of nitrogens with two attached hydrogens (primary N) is 1. The lowest BCUT2D eigenvalue weighted by atomic mass is 9.87. The molecule has 2 atom stereocenters. The summed E-state index contributed by atoms with van der Waals surface area (Å²) in [5.74, 6) is 0. The second-order valence-corrected chi connectivity index (χ2v) is 7.60. The molecule has 1 aromatic carbocycles. The van der Waals surface area contributed by atoms with Crippen molar-refractivity contribution in [3.8, 4) is 0 Å². The molecule has 0 aliphatic carbocycles. The second-order valence-electron chi connectivity index (χ2n) is 6.29. The van der Waals surface area contributed by atoms with Gasteiger partial charge in [0.15, 0.2) is 0 Å². The van der Waals surface area contributed by atoms with Crippen molar-refractivity contribution in [2.75, 3.05) is 0 Å². The molecule has 0 amide bonds. The molecule has 1 aromatic rings. The van der Waals surface area contributed by atoms with Crippen LogP contribution in [-0.4, -0.2) is 11.3 Å². The number of benzene rings is 1. The summed E-state index contributed by atoms with van der Waals surface area (Å²) in [5.41, 5.74) is 7.88. The quantitative estimate of drug-likeness (QED) is 0.743. The maximum Gasteiger partial charge on any atom is 0.0243 e. The van der Waals surface area contributed by atoms with E-state index in [-0.39, 0.29) is 5.41 Å². The van der Waals surface area contributed by atoms with Gasteiger partial charge in [-0.2, -0.15) is 0 Å². The van der Waals surface area contributed by atoms with Gasteiger partial charge in [-0.25, -0.2) is 0 Å². The minimum Gasteiger partial charge on any atom is -0.327 e. The molecule has 0 saturated carbocycles. The molecular formula is C17H29NS. The van der Waals surface area contributed by atoms with Gasteiger partial charge in [-0.1, -0.05) is 53.2 Å². The molecule has 2 unspecified atom stereocenters. The molecule has 0 heterocycles. The largest absolute Gasteiger partial charge is 0.327 e. The van der Waals surface area contributed by atoms with Crippen LogP contribution in [0.1, 0.15) is 59.4 Å². The number of hydrogen-bond acceptors (Lipinski definition) is 2. The van der Waals surface area contributed by atoms with Crippen LogP contribution in [0.2, 0.25) is 0 Å². The Morgan fingerprint density at radius 2 is 1.68 bits per heavy atom. The standard InChI is InChI=1S/C17H29NS/c1-6-8-15(18)16(7-2)19-14-11-9-13(10-12-14)17(3,4)5/h9-12,15-16H,6-8,18H2,1-5H3. The van der Waals surface area contributed by atoms with Gasteiger partial charge < -0.3 is 5.73 Å². The van der Waals surface area contributed by atoms with Gasteiger partial charge in [0, 0.05) is 16.2 Å². The summed E-state index contributed by atoms with van der Waals surface area (Å²) in [7, 11) is 0. The summed E-state index contributed by atoms with van der Waals surface area (Å²) in [6.45, 7) is 11.2. The summed E-state index contributed by atoms with van der Waals surface area (Å²) in [6.07, 6.45) is 3.42. The van der Waals surface area contributed by atoms with Crippen molar-refractivity contribution in [2.24, 2.45) is 5.73 Å². The van der Waals surface area contributed by atoms with Crippen LogP contribution in [0.15, 0.2) is 29.2 Å². The Labute approximate surface area is 123 Å². The third-order valence-electron chi connectivity index (χ3n) is 3.51. The fourth-order valence-corrected chi connectivity index (χ4v) is 3.32. The lowest BCUT2D eigenvalue weighted by molar-refractivity contribution is 0.566. The van der Waals surface area contributed by atoms with Gasteiger partial charge in [0.2, 0.25) is 0 Å². The summed E-state index contributed by atoms with van der Waals surface area (Å²) in [5, 5.41) is 0.528. The van der Waals surface area contributed by atoms with Gasteiger partial charge in [0.25, 0.3) is 0 Å². The van der Waals surface area contributed by atoms with E-state index in [0.717, 1.165) is 12.8 Å². The van der Waals surface area contributed by atoms with Crippen LogP contribution in [0.5, 0.6) is 0 Å². The van der Waals surface area contributed by atoms with Crippen LogP contribution in [0, 0.1) is 0 Å². The third-order valence-corrected chi connectivity index (χ3v) is 5.04. The highest BCUT2D eigenvalue weighted by atomic mass is 32.2. The summed E-state index contributed by atoms with van der Waals surface area (Å²) < 4.78 is 0. The Kier molecular flexibility index (Phi) is 6.41. The van der Waals surface area contributed by atoms with E-state index in [1.54, 1.807) is 0 Å². The smallest absolute Gasteiger partial charge is 0.0243 e. The maximum absolute atomic E-state index is 6.27. The van der Waals surface area contributed by atoms with E-state index in [1.807, 2.05) is 11.8 Å². The second kappa shape index (κ2) is 7.35. The average molecular weight is 279 g/mol. The molecule has 0 aliphatic heterocycles. The molecule has 0 aromatic heterocycles. The molecule has 1 nitrogen and oxygen atoms in total. The van der Waals surface area contributed by atoms with Crippen molar-refractivity contribution < 1.29 is 0 Å². The predicted octanol–water partition coefficient (Wildman–Crippen LogP) is 4.98. The van der Waals surface area contributed by atoms with Crippen molar-refractivity contribution in [3.63, 3.8) is 0 Å². The predicted molar refractivity (Wildman–Crippen MR) is 88.0 cm³/mol. The van der Waals surface area contributed by atoms with Crippen LogP contribution in [0.3, 0.4) is 0 Å². The molecule has 108 valence electrons. The highest BCUT2D eigenvalue weighted by molar-refractivity contribution is 8.00. The first-order chi connectivity index (χ1) is 8.88. The van der Waals surface area contributed by atoms with Crippen molar-refractivity contribution in [2.45, 2.75) is 75.5 Å². The first kappa shape index (κ1) is 16.6. The SMILES string of the molecule is CCCC(N)C(CC)Sc1ccc(C(C)(C)C)cc1. The zero-order valence-corrected chi connectivity index (χ0v) is 13.9. The normalized spacial score (nSPS) is 15.3. The molecule has 0 aliphatic rings. The number of hydrogen-bond donors (Lipinski definition) is 1. The van der Waals surface area contributed by atoms with Crippen molar-refractivity contribution in [1.82, 2.24) is 0 Å². The monoisotopic (exact) mass is 279 g/mol. The molecule has 0 spiro atoms. The van der Waals surface area contributed by atoms with Crippen LogP contribution in [0.25, 0.3) is 0 Å². The highest BCUT2D eigenvalue weighted by Crippen LogP contribution is 2.30. The minimum absolute atomic E-state index is 0.228. The molecule has 0 fully saturated rings. The van der Waals surface area contributed by atoms with E-state index in [2.05, 4.69) is 58.9 Å². The van der Waals surface area contributed by atoms with Crippen molar-refractivity contribution >= 4 is 11.8 Å². The average Bonchev–Trinajstić information content (AvgIpc) is 2.35. The molecule has 2 heteroatoms. The number of rotatable bonds is 6. The van der Waals surface area contributed by atoms with E-state index in [9.17, 15) is 0 Å². The lowest BCUT2D eigenvalue weighted by Crippen LogP contribution is -2.31. The molecule has 19 heavy (non-hydrogen) atoms. The van der Waals surface area contributed by atoms with Crippen LogP contribution in [-0.2, 0) is 5.41 Å². The molecule has 2 N–H and O–H groups in total. The van der Waals surface area contributed by atoms with E-state index in [4.69, 9.17) is 5.73 Å². The molecule has 1 rings (SSSR count). The van der Waals surface area contributed by atoms with E-state index in [1.165, 1.54) is 16.9 Å². The summed E-state index contributed by atoms with van der Waals surface area (Å²) in [6, 6.07) is 9.29. The molecule has 0 bridgehead atoms. The van der Waals surface area contributed by atoms with Gasteiger partial charge in [0.05, 0.1) is 0 Å². The lowest BCUT2D eigenvalue weighted by Gasteiger charge is -2.23. The zero-order valence-electron chi connectivity index (χ0n) is 13.1. The van der Waals surface area contributed by atoms with Crippen LogP contribution < -0.4 is 5.73 Å². The first-order valence-corrected chi connectivity index (χ1v) is 8.29. The van der Waals surface area contributed by atoms with E-state index >= 15 is 0 Å². The van der Waals surface area contributed by atoms with Gasteiger partial charge in [0.1, 0.15) is 0 Å². The Morgan fingerprint density at radius 3 is 2.11 bits per heavy atom. The van der Waals surface area contributed by atoms with Gasteiger partial charge in [-0.05, 0) is 36.0 Å². The third kappa shape index (κ3) is 5.19. The van der Waals surface area contributed by atoms with Gasteiger partial charge >= 0.3 is 0 Å². The Bertz CT molecular complexity index is 364. The van der Waals surface area contributed by atoms with Crippen molar-refractivity contribution in [3.05, 3.63) is 29.8 Å². The topological polar surface area (TPSA) is 26.0 Å². The Morgan fingerprint density at radius 1 is 1.11 bits per heavy atom. The Hall–Kier alpha value is -0.470. The van der Waals surface area contributed by atoms with Gasteiger partial charge in [-0.3, -0.25) is 0 Å². The van der Waals surface area contributed by atoms with E-state index in [0.29, 0.717) is 11.3 Å². The Balaban J connectivity index is 2.71. The molecule has 0 radical (unpaired) electrons. The van der Waals surface area contributed by atoms with Gasteiger partial charge in [-0.15, -0.1) is 11.8 Å². The highest BCUT2D eigenvalue weighted by Gasteiger charge is 2.17. The first-order valence-electron chi connectivity index (χ1n) is 7.41. The maximum atomic E-state index is 6.27. The van der Waals surface area contributed by atoms with Crippen molar-refractivity contribution in [1.29, 1.82) is 0 Å². The molecule has 0 saturated heterocycles.